The Hall–Kier alpha value is -0.567. The van der Waals surface area contributed by atoms with E-state index in [2.05, 4.69) is 0 Å². The summed E-state index contributed by atoms with van der Waals surface area (Å²) < 4.78 is 0. The first-order valence-corrected chi connectivity index (χ1v) is 4.00. The smallest absolute Gasteiger partial charge is 0.372 e. The van der Waals surface area contributed by atoms with E-state index >= 15 is 0 Å². The number of carboxylic acid groups (broad SMARTS) is 1. The minimum atomic E-state index is -1.54. The molecular formula is C9H14O4Zn. The zero-order valence-electron chi connectivity index (χ0n) is 8.79. The van der Waals surface area contributed by atoms with Crippen LogP contribution in [-0.2, 0) is 33.9 Å². The first-order valence-electron chi connectivity index (χ1n) is 4.00. The molecule has 0 heterocycles. The third kappa shape index (κ3) is 8.05. The molecule has 0 aromatic carbocycles. The van der Waals surface area contributed by atoms with Crippen molar-refractivity contribution < 1.29 is 39.0 Å². The molecule has 0 radical (unpaired) electrons. The zero-order chi connectivity index (χ0) is 10.6. The predicted molar refractivity (Wildman–Crippen MR) is 46.3 cm³/mol. The second-order valence-corrected chi connectivity index (χ2v) is 4.18. The van der Waals surface area contributed by atoms with E-state index in [-0.39, 0.29) is 37.1 Å². The van der Waals surface area contributed by atoms with Gasteiger partial charge in [-0.1, -0.05) is 20.8 Å². The number of Topliss-reactive ketones (excluding diaryl/α,β-unsaturated/α-hetero) is 2. The van der Waals surface area contributed by atoms with Crippen molar-refractivity contribution in [2.24, 2.45) is 5.41 Å². The van der Waals surface area contributed by atoms with Gasteiger partial charge in [-0.2, -0.15) is 0 Å². The van der Waals surface area contributed by atoms with Gasteiger partial charge in [0.25, 0.3) is 0 Å². The van der Waals surface area contributed by atoms with Crippen LogP contribution in [0.25, 0.3) is 0 Å². The molecule has 0 rings (SSSR count). The average Bonchev–Trinajstić information content (AvgIpc) is 1.81. The third-order valence-corrected chi connectivity index (χ3v) is 1.32. The second kappa shape index (κ2) is 6.02. The van der Waals surface area contributed by atoms with Crippen LogP contribution in [0.3, 0.4) is 0 Å². The zero-order valence-corrected chi connectivity index (χ0v) is 11.8. The van der Waals surface area contributed by atoms with Crippen molar-refractivity contribution in [3.8, 4) is 0 Å². The molecule has 0 aromatic heterocycles. The van der Waals surface area contributed by atoms with Crippen molar-refractivity contribution in [1.29, 1.82) is 0 Å². The summed E-state index contributed by atoms with van der Waals surface area (Å²) in [5.41, 5.74) is -0.199. The number of ketones is 2. The molecule has 0 amide bonds. The maximum Gasteiger partial charge on any atom is 0.372 e. The normalized spacial score (nSPS) is 10.2. The fourth-order valence-electron chi connectivity index (χ4n) is 0.909. The topological polar surface area (TPSA) is 71.4 Å². The Balaban J connectivity index is 0. The van der Waals surface area contributed by atoms with Crippen molar-refractivity contribution in [2.45, 2.75) is 33.6 Å². The quantitative estimate of drug-likeness (QED) is 0.460. The molecule has 1 N–H and O–H groups in total. The van der Waals surface area contributed by atoms with Crippen molar-refractivity contribution in [3.63, 3.8) is 0 Å². The van der Waals surface area contributed by atoms with Crippen LogP contribution in [0.5, 0.6) is 0 Å². The predicted octanol–water partition coefficient (Wildman–Crippen LogP) is 1.03. The van der Waals surface area contributed by atoms with E-state index in [1.54, 1.807) is 0 Å². The Morgan fingerprint density at radius 1 is 1.14 bits per heavy atom. The van der Waals surface area contributed by atoms with Gasteiger partial charge in [-0.15, -0.1) is 0 Å². The van der Waals surface area contributed by atoms with Gasteiger partial charge in [-0.05, 0) is 5.41 Å². The molecule has 0 aliphatic rings. The first kappa shape index (κ1) is 15.9. The average molecular weight is 252 g/mol. The third-order valence-electron chi connectivity index (χ3n) is 1.32. The Morgan fingerprint density at radius 2 is 1.57 bits per heavy atom. The minimum Gasteiger partial charge on any atom is -0.475 e. The number of carbonyl (C=O) groups excluding carboxylic acids is 2. The second-order valence-electron chi connectivity index (χ2n) is 4.18. The molecule has 14 heavy (non-hydrogen) atoms. The summed E-state index contributed by atoms with van der Waals surface area (Å²) in [5, 5.41) is 8.23. The Morgan fingerprint density at radius 3 is 1.86 bits per heavy atom. The summed E-state index contributed by atoms with van der Waals surface area (Å²) in [6.07, 6.45) is -0.265. The summed E-state index contributed by atoms with van der Waals surface area (Å²) in [7, 11) is 0. The van der Waals surface area contributed by atoms with Gasteiger partial charge in [0.2, 0.25) is 5.78 Å². The minimum absolute atomic E-state index is 0. The van der Waals surface area contributed by atoms with Crippen LogP contribution in [0.4, 0.5) is 0 Å². The van der Waals surface area contributed by atoms with Gasteiger partial charge in [-0.25, -0.2) is 4.79 Å². The standard InChI is InChI=1S/C9H14O4.Zn/c1-9(2,3)5-6(10)4-7(11)8(12)13;/h4-5H2,1-3H3,(H,12,13);. The van der Waals surface area contributed by atoms with Crippen LogP contribution in [0.1, 0.15) is 33.6 Å². The van der Waals surface area contributed by atoms with Gasteiger partial charge in [-0.3, -0.25) is 9.59 Å². The maximum atomic E-state index is 11.1. The van der Waals surface area contributed by atoms with Gasteiger partial charge in [0.05, 0.1) is 6.42 Å². The molecule has 0 atom stereocenters. The molecule has 0 bridgehead atoms. The van der Waals surface area contributed by atoms with Gasteiger partial charge in [0, 0.05) is 25.9 Å². The molecule has 0 fully saturated rings. The Kier molecular flexibility index (Phi) is 6.83. The van der Waals surface area contributed by atoms with Crippen molar-refractivity contribution in [2.75, 3.05) is 0 Å². The molecule has 0 saturated carbocycles. The Labute approximate surface area is 95.8 Å². The van der Waals surface area contributed by atoms with Crippen molar-refractivity contribution >= 4 is 17.5 Å². The van der Waals surface area contributed by atoms with E-state index in [9.17, 15) is 14.4 Å². The largest absolute Gasteiger partial charge is 0.475 e. The molecule has 76 valence electrons. The number of carboxylic acids is 1. The van der Waals surface area contributed by atoms with Gasteiger partial charge in [0.15, 0.2) is 0 Å². The van der Waals surface area contributed by atoms with E-state index in [4.69, 9.17) is 5.11 Å². The summed E-state index contributed by atoms with van der Waals surface area (Å²) in [6, 6.07) is 0. The van der Waals surface area contributed by atoms with Gasteiger partial charge in [0.1, 0.15) is 5.78 Å². The van der Waals surface area contributed by atoms with Crippen LogP contribution in [0.2, 0.25) is 0 Å². The van der Waals surface area contributed by atoms with Crippen molar-refractivity contribution in [1.82, 2.24) is 0 Å². The summed E-state index contributed by atoms with van der Waals surface area (Å²) >= 11 is 0. The van der Waals surface area contributed by atoms with Crippen molar-refractivity contribution in [3.05, 3.63) is 0 Å². The molecule has 0 spiro atoms. The van der Waals surface area contributed by atoms with E-state index in [1.807, 2.05) is 20.8 Å². The van der Waals surface area contributed by atoms with Crippen LogP contribution in [0.15, 0.2) is 0 Å². The number of rotatable bonds is 4. The number of hydrogen-bond acceptors (Lipinski definition) is 3. The summed E-state index contributed by atoms with van der Waals surface area (Å²) in [4.78, 5) is 31.8. The summed E-state index contributed by atoms with van der Waals surface area (Å²) in [6.45, 7) is 5.57. The fourth-order valence-corrected chi connectivity index (χ4v) is 0.909. The molecule has 5 heteroatoms. The fraction of sp³-hybridized carbons (Fsp3) is 0.667. The first-order chi connectivity index (χ1) is 5.72. The monoisotopic (exact) mass is 250 g/mol. The van der Waals surface area contributed by atoms with E-state index in [1.165, 1.54) is 0 Å². The molecular weight excluding hydrogens is 237 g/mol. The number of aliphatic carboxylic acids is 1. The van der Waals surface area contributed by atoms with Crippen LogP contribution < -0.4 is 0 Å². The van der Waals surface area contributed by atoms with Crippen LogP contribution in [-0.4, -0.2) is 22.6 Å². The van der Waals surface area contributed by atoms with Crippen LogP contribution in [0, 0.1) is 5.41 Å². The SMILES string of the molecule is CC(C)(C)CC(=O)CC(=O)C(=O)O.[Zn]. The van der Waals surface area contributed by atoms with Crippen LogP contribution >= 0.6 is 0 Å². The summed E-state index contributed by atoms with van der Waals surface area (Å²) in [5.74, 6) is -2.89. The number of carbonyl (C=O) groups is 3. The molecule has 0 aromatic rings. The number of hydrogen-bond donors (Lipinski definition) is 1. The molecule has 0 unspecified atom stereocenters. The maximum absolute atomic E-state index is 11.1. The van der Waals surface area contributed by atoms with Gasteiger partial charge < -0.3 is 5.11 Å². The van der Waals surface area contributed by atoms with E-state index in [0.29, 0.717) is 0 Å². The van der Waals surface area contributed by atoms with Gasteiger partial charge >= 0.3 is 5.97 Å². The molecule has 4 nitrogen and oxygen atoms in total. The molecule has 0 aliphatic heterocycles. The Bertz CT molecular complexity index is 240. The molecule has 0 aliphatic carbocycles. The van der Waals surface area contributed by atoms with E-state index < -0.39 is 18.2 Å². The molecule has 0 saturated heterocycles. The van der Waals surface area contributed by atoms with E-state index in [0.717, 1.165) is 0 Å².